The van der Waals surface area contributed by atoms with Crippen LogP contribution in [0.25, 0.3) is 0 Å². The van der Waals surface area contributed by atoms with Gasteiger partial charge in [-0.15, -0.1) is 0 Å². The average molecular weight is 353 g/mol. The number of amides is 1. The number of benzene rings is 2. The normalized spacial score (nSPS) is 11.0. The Kier molecular flexibility index (Phi) is 4.44. The number of phenolic OH excluding ortho intramolecular Hbond substituents is 1. The maximum absolute atomic E-state index is 12.1. The summed E-state index contributed by atoms with van der Waals surface area (Å²) in [5.41, 5.74) is -1.01. The molecule has 0 radical (unpaired) electrons. The summed E-state index contributed by atoms with van der Waals surface area (Å²) in [6, 6.07) is 6.10. The average Bonchev–Trinajstić information content (AvgIpc) is 2.48. The molecule has 0 fully saturated rings. The maximum atomic E-state index is 12.1. The predicted octanol–water partition coefficient (Wildman–Crippen LogP) is 1.29. The van der Waals surface area contributed by atoms with Gasteiger partial charge in [-0.3, -0.25) is 9.35 Å². The van der Waals surface area contributed by atoms with Crippen molar-refractivity contribution in [1.29, 1.82) is 0 Å². The van der Waals surface area contributed by atoms with E-state index in [1.165, 1.54) is 12.1 Å². The van der Waals surface area contributed by atoms with Gasteiger partial charge < -0.3 is 20.6 Å². The second-order valence-electron chi connectivity index (χ2n) is 4.65. The Balaban J connectivity index is 2.32. The van der Waals surface area contributed by atoms with Crippen molar-refractivity contribution >= 4 is 27.7 Å². The van der Waals surface area contributed by atoms with Crippen molar-refractivity contribution in [1.82, 2.24) is 0 Å². The molecule has 9 nitrogen and oxygen atoms in total. The quantitative estimate of drug-likeness (QED) is 0.406. The van der Waals surface area contributed by atoms with Gasteiger partial charge in [0.15, 0.2) is 0 Å². The van der Waals surface area contributed by atoms with E-state index in [2.05, 4.69) is 5.32 Å². The van der Waals surface area contributed by atoms with Gasteiger partial charge in [0.25, 0.3) is 16.0 Å². The molecule has 2 aromatic rings. The third-order valence-corrected chi connectivity index (χ3v) is 3.85. The zero-order valence-electron chi connectivity index (χ0n) is 11.8. The Labute approximate surface area is 135 Å². The molecule has 0 bridgehead atoms. The lowest BCUT2D eigenvalue weighted by Crippen LogP contribution is -2.13. The van der Waals surface area contributed by atoms with E-state index in [0.29, 0.717) is 0 Å². The molecule has 0 saturated carbocycles. The number of carboxylic acids is 1. The largest absolute Gasteiger partial charge is 0.508 e. The van der Waals surface area contributed by atoms with Crippen LogP contribution in [0.3, 0.4) is 0 Å². The first-order valence-electron chi connectivity index (χ1n) is 6.28. The Morgan fingerprint density at radius 2 is 1.50 bits per heavy atom. The molecule has 0 atom stereocenters. The minimum Gasteiger partial charge on any atom is -0.508 e. The molecule has 0 aliphatic heterocycles. The van der Waals surface area contributed by atoms with Crippen molar-refractivity contribution in [3.8, 4) is 11.5 Å². The second-order valence-corrected chi connectivity index (χ2v) is 6.07. The summed E-state index contributed by atoms with van der Waals surface area (Å²) >= 11 is 0. The van der Waals surface area contributed by atoms with Crippen LogP contribution in [0.4, 0.5) is 5.69 Å². The highest BCUT2D eigenvalue weighted by atomic mass is 32.2. The fourth-order valence-corrected chi connectivity index (χ4v) is 2.34. The van der Waals surface area contributed by atoms with Crippen LogP contribution in [0.1, 0.15) is 20.7 Å². The van der Waals surface area contributed by atoms with E-state index in [1.807, 2.05) is 0 Å². The third-order valence-electron chi connectivity index (χ3n) is 2.98. The Hall–Kier alpha value is -3.11. The molecule has 0 aliphatic carbocycles. The molecular weight excluding hydrogens is 342 g/mol. The first-order chi connectivity index (χ1) is 11.1. The number of aromatic hydroxyl groups is 2. The van der Waals surface area contributed by atoms with Crippen molar-refractivity contribution in [2.75, 3.05) is 5.32 Å². The molecule has 126 valence electrons. The van der Waals surface area contributed by atoms with Gasteiger partial charge in [-0.25, -0.2) is 4.79 Å². The monoisotopic (exact) mass is 353 g/mol. The van der Waals surface area contributed by atoms with E-state index < -0.39 is 44.6 Å². The highest BCUT2D eigenvalue weighted by molar-refractivity contribution is 7.85. The molecule has 1 amide bonds. The highest BCUT2D eigenvalue weighted by Crippen LogP contribution is 2.28. The number of anilines is 1. The number of hydrogen-bond donors (Lipinski definition) is 5. The second kappa shape index (κ2) is 6.18. The van der Waals surface area contributed by atoms with Crippen molar-refractivity contribution in [2.24, 2.45) is 0 Å². The Morgan fingerprint density at radius 1 is 0.958 bits per heavy atom. The van der Waals surface area contributed by atoms with Crippen LogP contribution in [-0.4, -0.2) is 40.2 Å². The third kappa shape index (κ3) is 3.62. The first kappa shape index (κ1) is 17.2. The number of hydrogen-bond acceptors (Lipinski definition) is 6. The lowest BCUT2D eigenvalue weighted by atomic mass is 10.1. The van der Waals surface area contributed by atoms with Crippen molar-refractivity contribution in [3.05, 3.63) is 47.5 Å². The topological polar surface area (TPSA) is 161 Å². The molecule has 24 heavy (non-hydrogen) atoms. The molecule has 0 unspecified atom stereocenters. The number of carbonyl (C=O) groups is 2. The van der Waals surface area contributed by atoms with E-state index in [-0.39, 0.29) is 10.6 Å². The van der Waals surface area contributed by atoms with Gasteiger partial charge in [0, 0.05) is 5.69 Å². The molecule has 10 heteroatoms. The minimum absolute atomic E-state index is 0.118. The molecule has 0 aromatic heterocycles. The zero-order chi connectivity index (χ0) is 18.1. The number of phenols is 2. The Morgan fingerprint density at radius 3 is 2.00 bits per heavy atom. The summed E-state index contributed by atoms with van der Waals surface area (Å²) < 4.78 is 30.7. The summed E-state index contributed by atoms with van der Waals surface area (Å²) in [4.78, 5) is 22.7. The van der Waals surface area contributed by atoms with Crippen molar-refractivity contribution < 1.29 is 37.9 Å². The van der Waals surface area contributed by atoms with Crippen LogP contribution in [0.5, 0.6) is 11.5 Å². The molecule has 0 aliphatic rings. The van der Waals surface area contributed by atoms with Crippen LogP contribution in [-0.2, 0) is 10.1 Å². The van der Waals surface area contributed by atoms with E-state index in [0.717, 1.165) is 24.3 Å². The van der Waals surface area contributed by atoms with E-state index >= 15 is 0 Å². The SMILES string of the molecule is O=C(O)c1cc(O)cc(C(=O)Nc2ccc(S(=O)(=O)O)cc2)c1O. The van der Waals surface area contributed by atoms with Crippen LogP contribution in [0, 0.1) is 0 Å². The van der Waals surface area contributed by atoms with Gasteiger partial charge in [0.05, 0.1) is 10.5 Å². The van der Waals surface area contributed by atoms with Crippen LogP contribution < -0.4 is 5.32 Å². The van der Waals surface area contributed by atoms with Gasteiger partial charge in [-0.1, -0.05) is 0 Å². The van der Waals surface area contributed by atoms with Crippen LogP contribution >= 0.6 is 0 Å². The van der Waals surface area contributed by atoms with Gasteiger partial charge in [-0.05, 0) is 36.4 Å². The van der Waals surface area contributed by atoms with Crippen LogP contribution in [0.15, 0.2) is 41.3 Å². The molecule has 0 spiro atoms. The van der Waals surface area contributed by atoms with Gasteiger partial charge in [0.1, 0.15) is 17.1 Å². The van der Waals surface area contributed by atoms with Crippen molar-refractivity contribution in [2.45, 2.75) is 4.90 Å². The number of carboxylic acid groups (broad SMARTS) is 1. The van der Waals surface area contributed by atoms with Crippen molar-refractivity contribution in [3.63, 3.8) is 0 Å². The number of rotatable bonds is 4. The van der Waals surface area contributed by atoms with E-state index in [4.69, 9.17) is 9.66 Å². The van der Waals surface area contributed by atoms with Crippen LogP contribution in [0.2, 0.25) is 0 Å². The first-order valence-corrected chi connectivity index (χ1v) is 7.72. The highest BCUT2D eigenvalue weighted by Gasteiger charge is 2.20. The summed E-state index contributed by atoms with van der Waals surface area (Å²) in [6.45, 7) is 0. The maximum Gasteiger partial charge on any atom is 0.339 e. The lowest BCUT2D eigenvalue weighted by Gasteiger charge is -2.09. The molecule has 5 N–H and O–H groups in total. The van der Waals surface area contributed by atoms with Gasteiger partial charge in [-0.2, -0.15) is 8.42 Å². The summed E-state index contributed by atoms with van der Waals surface area (Å²) in [5.74, 6) is -3.81. The Bertz CT molecular complexity index is 919. The fraction of sp³-hybridized carbons (Fsp3) is 0. The zero-order valence-corrected chi connectivity index (χ0v) is 12.6. The predicted molar refractivity (Wildman–Crippen MR) is 80.9 cm³/mol. The van der Waals surface area contributed by atoms with Gasteiger partial charge >= 0.3 is 5.97 Å². The summed E-state index contributed by atoms with van der Waals surface area (Å²) in [6.07, 6.45) is 0. The van der Waals surface area contributed by atoms with Gasteiger partial charge in [0.2, 0.25) is 0 Å². The van der Waals surface area contributed by atoms with E-state index in [9.17, 15) is 28.2 Å². The lowest BCUT2D eigenvalue weighted by molar-refractivity contribution is 0.0693. The minimum atomic E-state index is -4.38. The van der Waals surface area contributed by atoms with E-state index in [1.54, 1.807) is 0 Å². The molecule has 0 saturated heterocycles. The standard InChI is InChI=1S/C14H11NO8S/c16-8-5-10(12(17)11(6-8)14(19)20)13(18)15-7-1-3-9(4-2-7)24(21,22)23/h1-6,16-17H,(H,15,18)(H,19,20)(H,21,22,23). The summed E-state index contributed by atoms with van der Waals surface area (Å²) in [7, 11) is -4.38. The number of aromatic carboxylic acids is 1. The number of carbonyl (C=O) groups excluding carboxylic acids is 1. The smallest absolute Gasteiger partial charge is 0.339 e. The molecule has 0 heterocycles. The molecule has 2 rings (SSSR count). The molecular formula is C14H11NO8S. The summed E-state index contributed by atoms with van der Waals surface area (Å²) in [5, 5.41) is 30.5. The fourth-order valence-electron chi connectivity index (χ4n) is 1.86. The molecule has 2 aromatic carbocycles. The number of nitrogens with one attached hydrogen (secondary N) is 1.